The number of rotatable bonds is 12. The van der Waals surface area contributed by atoms with Crippen molar-refractivity contribution in [3.05, 3.63) is 64.7 Å². The Labute approximate surface area is 289 Å². The van der Waals surface area contributed by atoms with Gasteiger partial charge in [0.1, 0.15) is 23.4 Å². The van der Waals surface area contributed by atoms with Crippen LogP contribution in [0.15, 0.2) is 48.5 Å². The number of aliphatic hydroxyl groups excluding tert-OH is 1. The van der Waals surface area contributed by atoms with Crippen LogP contribution in [0, 0.1) is 5.92 Å². The lowest BCUT2D eigenvalue weighted by Crippen LogP contribution is -2.58. The number of hydrogen-bond donors (Lipinski definition) is 3. The molecule has 1 heterocycles. The van der Waals surface area contributed by atoms with Crippen molar-refractivity contribution in [1.29, 1.82) is 0 Å². The number of amides is 3. The molecule has 11 nitrogen and oxygen atoms in total. The van der Waals surface area contributed by atoms with Crippen LogP contribution < -0.4 is 15.4 Å². The molecule has 1 aliphatic heterocycles. The second-order valence-electron chi connectivity index (χ2n) is 13.3. The lowest BCUT2D eigenvalue weighted by atomic mass is 9.97. The molecule has 0 aliphatic carbocycles. The van der Waals surface area contributed by atoms with Crippen molar-refractivity contribution in [2.75, 3.05) is 13.7 Å². The van der Waals surface area contributed by atoms with E-state index in [9.17, 15) is 41.1 Å². The maximum Gasteiger partial charge on any atom is 0.416 e. The largest absolute Gasteiger partial charge is 0.497 e. The maximum atomic E-state index is 14.3. The molecule has 3 N–H and O–H groups in total. The van der Waals surface area contributed by atoms with Gasteiger partial charge in [-0.05, 0) is 68.5 Å². The zero-order chi connectivity index (χ0) is 36.9. The topological polar surface area (TPSA) is 151 Å². The third-order valence-electron chi connectivity index (χ3n) is 7.90. The Balaban J connectivity index is 2.01. The summed E-state index contributed by atoms with van der Waals surface area (Å²) in [6.45, 7) is 7.07. The molecule has 0 aromatic heterocycles. The Morgan fingerprint density at radius 3 is 2.20 bits per heavy atom. The summed E-state index contributed by atoms with van der Waals surface area (Å²) < 4.78 is 78.5. The van der Waals surface area contributed by atoms with Crippen LogP contribution >= 0.6 is 11.6 Å². The van der Waals surface area contributed by atoms with E-state index in [1.54, 1.807) is 69.3 Å². The number of hydrogen-bond acceptors (Lipinski definition) is 8. The Morgan fingerprint density at radius 2 is 1.67 bits per heavy atom. The first-order valence-electron chi connectivity index (χ1n) is 15.6. The predicted octanol–water partition coefficient (Wildman–Crippen LogP) is 4.43. The summed E-state index contributed by atoms with van der Waals surface area (Å²) in [6.07, 6.45) is -9.56. The molecule has 49 heavy (non-hydrogen) atoms. The van der Waals surface area contributed by atoms with E-state index in [1.807, 2.05) is 0 Å². The van der Waals surface area contributed by atoms with E-state index in [-0.39, 0.29) is 6.42 Å². The Hall–Kier alpha value is -3.56. The summed E-state index contributed by atoms with van der Waals surface area (Å²) in [6, 6.07) is 7.92. The molecule has 0 spiro atoms. The first-order valence-corrected chi connectivity index (χ1v) is 17.6. The zero-order valence-corrected chi connectivity index (χ0v) is 29.7. The van der Waals surface area contributed by atoms with E-state index in [2.05, 4.69) is 10.6 Å². The van der Waals surface area contributed by atoms with Gasteiger partial charge in [0.25, 0.3) is 0 Å². The average molecular weight is 734 g/mol. The van der Waals surface area contributed by atoms with E-state index >= 15 is 0 Å². The SMILES string of the molecule is COc1ccc(CS(=O)(=O)[C@@H]2C[C@@H](C(=O)N[C@@H](C(C)C)[C@H](O)C(F)(F)F)N(C(=O)[C@H](Cc3cccc(Cl)c3)NC(=O)OC(C)(C)C)C2)cc1. The van der Waals surface area contributed by atoms with Crippen LogP contribution in [0.1, 0.15) is 52.2 Å². The van der Waals surface area contributed by atoms with E-state index in [4.69, 9.17) is 21.1 Å². The number of ether oxygens (including phenoxy) is 2. The average Bonchev–Trinajstić information content (AvgIpc) is 3.44. The number of carbonyl (C=O) groups is 3. The van der Waals surface area contributed by atoms with E-state index in [0.717, 1.165) is 4.90 Å². The summed E-state index contributed by atoms with van der Waals surface area (Å²) in [7, 11) is -2.61. The van der Waals surface area contributed by atoms with Crippen molar-refractivity contribution in [2.45, 2.75) is 94.5 Å². The first kappa shape index (κ1) is 39.9. The number of benzene rings is 2. The highest BCUT2D eigenvalue weighted by Gasteiger charge is 2.49. The number of alkyl halides is 3. The van der Waals surface area contributed by atoms with Crippen molar-refractivity contribution in [1.82, 2.24) is 15.5 Å². The molecule has 1 saturated heterocycles. The van der Waals surface area contributed by atoms with Gasteiger partial charge in [0.05, 0.1) is 24.2 Å². The number of methoxy groups -OCH3 is 1. The number of nitrogens with zero attached hydrogens (tertiary/aromatic N) is 1. The van der Waals surface area contributed by atoms with Gasteiger partial charge in [-0.15, -0.1) is 0 Å². The van der Waals surface area contributed by atoms with E-state index in [1.165, 1.54) is 21.0 Å². The standard InChI is InChI=1S/C33H43ClF3N3O8S/c1-19(2)27(28(41)33(35,36)37)39-29(42)26-16-24(49(45,46)18-20-10-12-23(47-6)13-11-20)17-40(26)30(43)25(38-31(44)48-32(3,4)5)15-21-8-7-9-22(34)14-21/h7-14,19,24-28,41H,15-18H2,1-6H3,(H,38,44)(H,39,42)/t24-,25+,26+,27+,28+/m1/s1. The Kier molecular flexibility index (Phi) is 13.0. The van der Waals surface area contributed by atoms with E-state index in [0.29, 0.717) is 21.9 Å². The van der Waals surface area contributed by atoms with Crippen molar-refractivity contribution in [2.24, 2.45) is 5.92 Å². The second-order valence-corrected chi connectivity index (χ2v) is 16.0. The minimum atomic E-state index is -5.07. The van der Waals surface area contributed by atoms with Gasteiger partial charge in [0.15, 0.2) is 15.9 Å². The molecule has 272 valence electrons. The third kappa shape index (κ3) is 11.2. The lowest BCUT2D eigenvalue weighted by Gasteiger charge is -2.33. The molecular weight excluding hydrogens is 691 g/mol. The van der Waals surface area contributed by atoms with Crippen LogP contribution in [0.5, 0.6) is 5.75 Å². The summed E-state index contributed by atoms with van der Waals surface area (Å²) in [5.41, 5.74) is -0.0283. The second kappa shape index (κ2) is 16.0. The molecule has 2 aromatic carbocycles. The van der Waals surface area contributed by atoms with Gasteiger partial charge in [-0.1, -0.05) is 49.7 Å². The fourth-order valence-corrected chi connectivity index (χ4v) is 7.41. The van der Waals surface area contributed by atoms with Crippen LogP contribution in [-0.2, 0) is 36.3 Å². The number of carbonyl (C=O) groups excluding carboxylic acids is 3. The number of sulfone groups is 1. The molecule has 1 aliphatic rings. The summed E-state index contributed by atoms with van der Waals surface area (Å²) in [4.78, 5) is 41.8. The Bertz CT molecular complexity index is 1580. The van der Waals surface area contributed by atoms with Crippen molar-refractivity contribution in [3.63, 3.8) is 0 Å². The molecule has 3 rings (SSSR count). The van der Waals surface area contributed by atoms with E-state index < -0.39 is 93.6 Å². The monoisotopic (exact) mass is 733 g/mol. The Morgan fingerprint density at radius 1 is 1.04 bits per heavy atom. The normalized spacial score (nSPS) is 18.8. The van der Waals surface area contributed by atoms with Crippen LogP contribution in [0.3, 0.4) is 0 Å². The molecule has 0 radical (unpaired) electrons. The fourth-order valence-electron chi connectivity index (χ4n) is 5.45. The van der Waals surface area contributed by atoms with Crippen molar-refractivity contribution >= 4 is 39.3 Å². The van der Waals surface area contributed by atoms with Crippen LogP contribution in [0.2, 0.25) is 5.02 Å². The molecule has 0 saturated carbocycles. The molecule has 2 aromatic rings. The first-order chi connectivity index (χ1) is 22.6. The summed E-state index contributed by atoms with van der Waals surface area (Å²) in [5, 5.41) is 13.8. The molecule has 0 unspecified atom stereocenters. The van der Waals surface area contributed by atoms with Gasteiger partial charge in [-0.3, -0.25) is 9.59 Å². The van der Waals surface area contributed by atoms with Crippen LogP contribution in [0.4, 0.5) is 18.0 Å². The predicted molar refractivity (Wildman–Crippen MR) is 177 cm³/mol. The lowest BCUT2D eigenvalue weighted by molar-refractivity contribution is -0.215. The van der Waals surface area contributed by atoms with Gasteiger partial charge < -0.3 is 30.1 Å². The quantitative estimate of drug-likeness (QED) is 0.290. The highest BCUT2D eigenvalue weighted by atomic mass is 35.5. The van der Waals surface area contributed by atoms with Crippen molar-refractivity contribution < 1.29 is 50.6 Å². The summed E-state index contributed by atoms with van der Waals surface area (Å²) in [5.74, 6) is -2.81. The molecule has 16 heteroatoms. The maximum absolute atomic E-state index is 14.3. The minimum absolute atomic E-state index is 0.145. The fraction of sp³-hybridized carbons (Fsp3) is 0.545. The number of likely N-dealkylation sites (tertiary alicyclic amines) is 1. The number of nitrogens with one attached hydrogen (secondary N) is 2. The smallest absolute Gasteiger partial charge is 0.416 e. The molecule has 0 bridgehead atoms. The minimum Gasteiger partial charge on any atom is -0.497 e. The van der Waals surface area contributed by atoms with Crippen molar-refractivity contribution in [3.8, 4) is 5.75 Å². The number of halogens is 4. The highest BCUT2D eigenvalue weighted by molar-refractivity contribution is 7.91. The van der Waals surface area contributed by atoms with Gasteiger partial charge in [0.2, 0.25) is 11.8 Å². The molecule has 5 atom stereocenters. The number of aliphatic hydroxyl groups is 1. The van der Waals surface area contributed by atoms with Gasteiger partial charge in [-0.25, -0.2) is 13.2 Å². The number of alkyl carbamates (subject to hydrolysis) is 1. The molecule has 1 fully saturated rings. The van der Waals surface area contributed by atoms with Crippen LogP contribution in [0.25, 0.3) is 0 Å². The molecular formula is C33H43ClF3N3O8S. The molecule has 3 amide bonds. The zero-order valence-electron chi connectivity index (χ0n) is 28.1. The van der Waals surface area contributed by atoms with Gasteiger partial charge in [0, 0.05) is 18.0 Å². The highest BCUT2D eigenvalue weighted by Crippen LogP contribution is 2.30. The summed E-state index contributed by atoms with van der Waals surface area (Å²) >= 11 is 6.14. The third-order valence-corrected chi connectivity index (χ3v) is 10.2. The van der Waals surface area contributed by atoms with Gasteiger partial charge >= 0.3 is 12.3 Å². The van der Waals surface area contributed by atoms with Gasteiger partial charge in [-0.2, -0.15) is 13.2 Å². The van der Waals surface area contributed by atoms with Crippen LogP contribution in [-0.4, -0.2) is 91.2 Å².